The van der Waals surface area contributed by atoms with Crippen LogP contribution in [0.4, 0.5) is 0 Å². The molecule has 1 fully saturated rings. The molecule has 3 atom stereocenters. The SMILES string of the molecule is CC1CC1C(=O)NC(CO)Cc1ccccc1. The quantitative estimate of drug-likeness (QED) is 0.807. The molecular weight excluding hydrogens is 214 g/mol. The lowest BCUT2D eigenvalue weighted by molar-refractivity contribution is -0.123. The van der Waals surface area contributed by atoms with Crippen LogP contribution in [0.5, 0.6) is 0 Å². The Morgan fingerprint density at radius 2 is 2.12 bits per heavy atom. The van der Waals surface area contributed by atoms with Crippen molar-refractivity contribution in [2.24, 2.45) is 11.8 Å². The van der Waals surface area contributed by atoms with Crippen molar-refractivity contribution in [1.29, 1.82) is 0 Å². The molecule has 3 unspecified atom stereocenters. The highest BCUT2D eigenvalue weighted by molar-refractivity contribution is 5.81. The molecule has 0 bridgehead atoms. The molecule has 17 heavy (non-hydrogen) atoms. The Morgan fingerprint density at radius 3 is 2.65 bits per heavy atom. The molecule has 1 amide bonds. The monoisotopic (exact) mass is 233 g/mol. The molecular formula is C14H19NO2. The zero-order valence-corrected chi connectivity index (χ0v) is 10.1. The van der Waals surface area contributed by atoms with Crippen molar-refractivity contribution in [1.82, 2.24) is 5.32 Å². The molecule has 0 saturated heterocycles. The maximum Gasteiger partial charge on any atom is 0.223 e. The average molecular weight is 233 g/mol. The van der Waals surface area contributed by atoms with E-state index in [1.54, 1.807) is 0 Å². The van der Waals surface area contributed by atoms with E-state index in [0.717, 1.165) is 12.0 Å². The van der Waals surface area contributed by atoms with Crippen molar-refractivity contribution in [2.75, 3.05) is 6.61 Å². The average Bonchev–Trinajstić information content (AvgIpc) is 3.07. The highest BCUT2D eigenvalue weighted by Crippen LogP contribution is 2.37. The van der Waals surface area contributed by atoms with Gasteiger partial charge in [-0.05, 0) is 24.3 Å². The van der Waals surface area contributed by atoms with E-state index < -0.39 is 0 Å². The number of carbonyl (C=O) groups is 1. The predicted octanol–water partition coefficient (Wildman–Crippen LogP) is 1.36. The van der Waals surface area contributed by atoms with Gasteiger partial charge in [-0.2, -0.15) is 0 Å². The number of rotatable bonds is 5. The third-order valence-corrected chi connectivity index (χ3v) is 3.34. The number of aliphatic hydroxyl groups excluding tert-OH is 1. The fraction of sp³-hybridized carbons (Fsp3) is 0.500. The molecule has 1 aromatic rings. The molecule has 0 radical (unpaired) electrons. The van der Waals surface area contributed by atoms with E-state index in [2.05, 4.69) is 12.2 Å². The first-order valence-electron chi connectivity index (χ1n) is 6.16. The molecule has 0 aliphatic heterocycles. The Labute approximate surface area is 102 Å². The van der Waals surface area contributed by atoms with Crippen LogP contribution >= 0.6 is 0 Å². The lowest BCUT2D eigenvalue weighted by Crippen LogP contribution is -2.40. The summed E-state index contributed by atoms with van der Waals surface area (Å²) in [5, 5.41) is 12.2. The van der Waals surface area contributed by atoms with E-state index in [9.17, 15) is 9.90 Å². The Balaban J connectivity index is 1.86. The minimum atomic E-state index is -0.169. The molecule has 0 heterocycles. The molecule has 1 aliphatic carbocycles. The number of nitrogens with one attached hydrogen (secondary N) is 1. The summed E-state index contributed by atoms with van der Waals surface area (Å²) in [7, 11) is 0. The van der Waals surface area contributed by atoms with Crippen molar-refractivity contribution in [3.05, 3.63) is 35.9 Å². The maximum atomic E-state index is 11.8. The minimum absolute atomic E-state index is 0.0122. The third kappa shape index (κ3) is 3.30. The van der Waals surface area contributed by atoms with Crippen LogP contribution in [0.2, 0.25) is 0 Å². The van der Waals surface area contributed by atoms with E-state index >= 15 is 0 Å². The van der Waals surface area contributed by atoms with Crippen LogP contribution in [0.25, 0.3) is 0 Å². The summed E-state index contributed by atoms with van der Waals surface area (Å²) >= 11 is 0. The summed E-state index contributed by atoms with van der Waals surface area (Å²) in [5.41, 5.74) is 1.13. The highest BCUT2D eigenvalue weighted by atomic mass is 16.3. The van der Waals surface area contributed by atoms with Crippen LogP contribution in [0.15, 0.2) is 30.3 Å². The smallest absolute Gasteiger partial charge is 0.223 e. The first kappa shape index (κ1) is 12.1. The lowest BCUT2D eigenvalue weighted by atomic mass is 10.1. The third-order valence-electron chi connectivity index (χ3n) is 3.34. The van der Waals surface area contributed by atoms with Crippen LogP contribution in [0.1, 0.15) is 18.9 Å². The van der Waals surface area contributed by atoms with Crippen LogP contribution in [-0.4, -0.2) is 23.7 Å². The molecule has 1 aromatic carbocycles. The molecule has 92 valence electrons. The summed E-state index contributed by atoms with van der Waals surface area (Å²) in [6.07, 6.45) is 1.67. The van der Waals surface area contributed by atoms with E-state index in [0.29, 0.717) is 12.3 Å². The van der Waals surface area contributed by atoms with Crippen molar-refractivity contribution in [3.63, 3.8) is 0 Å². The fourth-order valence-corrected chi connectivity index (χ4v) is 2.06. The lowest BCUT2D eigenvalue weighted by Gasteiger charge is -2.16. The van der Waals surface area contributed by atoms with E-state index in [4.69, 9.17) is 0 Å². The van der Waals surface area contributed by atoms with Gasteiger partial charge in [0.15, 0.2) is 0 Å². The number of hydrogen-bond donors (Lipinski definition) is 2. The summed E-state index contributed by atoms with van der Waals surface area (Å²) in [4.78, 5) is 11.8. The van der Waals surface area contributed by atoms with Gasteiger partial charge in [0.25, 0.3) is 0 Å². The zero-order chi connectivity index (χ0) is 12.3. The normalized spacial score (nSPS) is 24.1. The van der Waals surface area contributed by atoms with Gasteiger partial charge in [0.1, 0.15) is 0 Å². The topological polar surface area (TPSA) is 49.3 Å². The first-order chi connectivity index (χ1) is 8.20. The van der Waals surface area contributed by atoms with Crippen molar-refractivity contribution in [2.45, 2.75) is 25.8 Å². The van der Waals surface area contributed by atoms with Crippen LogP contribution in [-0.2, 0) is 11.2 Å². The number of carbonyl (C=O) groups excluding carboxylic acids is 1. The van der Waals surface area contributed by atoms with Crippen molar-refractivity contribution in [3.8, 4) is 0 Å². The van der Waals surface area contributed by atoms with Crippen LogP contribution < -0.4 is 5.32 Å². The van der Waals surface area contributed by atoms with Crippen LogP contribution in [0.3, 0.4) is 0 Å². The Kier molecular flexibility index (Phi) is 3.79. The van der Waals surface area contributed by atoms with Crippen molar-refractivity contribution >= 4 is 5.91 Å². The zero-order valence-electron chi connectivity index (χ0n) is 10.1. The van der Waals surface area contributed by atoms with Gasteiger partial charge in [0.2, 0.25) is 5.91 Å². The Hall–Kier alpha value is -1.35. The van der Waals surface area contributed by atoms with Gasteiger partial charge in [-0.15, -0.1) is 0 Å². The summed E-state index contributed by atoms with van der Waals surface area (Å²) < 4.78 is 0. The number of aliphatic hydroxyl groups is 1. The fourth-order valence-electron chi connectivity index (χ4n) is 2.06. The second-order valence-corrected chi connectivity index (χ2v) is 4.90. The molecule has 2 N–H and O–H groups in total. The van der Waals surface area contributed by atoms with Crippen molar-refractivity contribution < 1.29 is 9.90 Å². The summed E-state index contributed by atoms with van der Waals surface area (Å²) in [6.45, 7) is 2.07. The first-order valence-corrected chi connectivity index (χ1v) is 6.16. The van der Waals surface area contributed by atoms with E-state index in [-0.39, 0.29) is 24.5 Å². The van der Waals surface area contributed by atoms with Gasteiger partial charge in [0.05, 0.1) is 12.6 Å². The second-order valence-electron chi connectivity index (χ2n) is 4.90. The number of benzene rings is 1. The minimum Gasteiger partial charge on any atom is -0.394 e. The highest BCUT2D eigenvalue weighted by Gasteiger charge is 2.39. The molecule has 3 nitrogen and oxygen atoms in total. The molecule has 1 saturated carbocycles. The predicted molar refractivity (Wildman–Crippen MR) is 66.4 cm³/mol. The molecule has 2 rings (SSSR count). The van der Waals surface area contributed by atoms with Crippen LogP contribution in [0, 0.1) is 11.8 Å². The largest absolute Gasteiger partial charge is 0.394 e. The van der Waals surface area contributed by atoms with Gasteiger partial charge >= 0.3 is 0 Å². The summed E-state index contributed by atoms with van der Waals surface area (Å²) in [6, 6.07) is 9.74. The van der Waals surface area contributed by atoms with E-state index in [1.807, 2.05) is 30.3 Å². The Bertz CT molecular complexity index is 377. The van der Waals surface area contributed by atoms with Gasteiger partial charge < -0.3 is 10.4 Å². The molecule has 0 spiro atoms. The Morgan fingerprint density at radius 1 is 1.47 bits per heavy atom. The van der Waals surface area contributed by atoms with Gasteiger partial charge in [-0.25, -0.2) is 0 Å². The van der Waals surface area contributed by atoms with Gasteiger partial charge in [-0.1, -0.05) is 37.3 Å². The van der Waals surface area contributed by atoms with Gasteiger partial charge in [-0.3, -0.25) is 4.79 Å². The molecule has 1 aliphatic rings. The number of hydrogen-bond acceptors (Lipinski definition) is 2. The van der Waals surface area contributed by atoms with Gasteiger partial charge in [0, 0.05) is 5.92 Å². The maximum absolute atomic E-state index is 11.8. The van der Waals surface area contributed by atoms with E-state index in [1.165, 1.54) is 0 Å². The molecule has 3 heteroatoms. The standard InChI is InChI=1S/C14H19NO2/c1-10-7-13(10)14(17)15-12(9-16)8-11-5-3-2-4-6-11/h2-6,10,12-13,16H,7-9H2,1H3,(H,15,17). The summed E-state index contributed by atoms with van der Waals surface area (Å²) in [5.74, 6) is 0.762. The second kappa shape index (κ2) is 5.32. The molecule has 0 aromatic heterocycles. The number of amides is 1.